The first-order valence-corrected chi connectivity index (χ1v) is 15.9. The normalized spacial score (nSPS) is 11.5. The molecule has 42 heavy (non-hydrogen) atoms. The molecule has 0 bridgehead atoms. The zero-order chi connectivity index (χ0) is 28.5. The van der Waals surface area contributed by atoms with Gasteiger partial charge in [-0.2, -0.15) is 0 Å². The first kappa shape index (κ1) is 27.1. The molecule has 0 amide bonds. The summed E-state index contributed by atoms with van der Waals surface area (Å²) in [6, 6.07) is 63.4. The van der Waals surface area contributed by atoms with Crippen LogP contribution in [0.15, 0.2) is 192 Å². The number of hydrogen-bond acceptors (Lipinski definition) is 2. The molecular weight excluding hydrogens is 527 g/mol. The molecule has 0 saturated carbocycles. The summed E-state index contributed by atoms with van der Waals surface area (Å²) in [5, 5.41) is 13.9. The maximum Gasteiger partial charge on any atom is 0.100 e. The van der Waals surface area contributed by atoms with E-state index in [-0.39, 0.29) is 0 Å². The van der Waals surface area contributed by atoms with E-state index in [9.17, 15) is 0 Å². The minimum atomic E-state index is -2.30. The topological polar surface area (TPSA) is 24.7 Å². The Labute approximate surface area is 248 Å². The average Bonchev–Trinajstić information content (AvgIpc) is 3.09. The highest BCUT2D eigenvalue weighted by atomic mass is 31.2. The van der Waals surface area contributed by atoms with Crippen molar-refractivity contribution in [3.05, 3.63) is 199 Å². The monoisotopic (exact) mass is 558 g/mol. The second-order valence-electron chi connectivity index (χ2n) is 9.89. The van der Waals surface area contributed by atoms with Crippen molar-refractivity contribution in [2.45, 2.75) is 0 Å². The Kier molecular flexibility index (Phi) is 8.46. The highest BCUT2D eigenvalue weighted by Gasteiger charge is 2.26. The highest BCUT2D eigenvalue weighted by molar-refractivity contribution is 7.95. The fourth-order valence-electron chi connectivity index (χ4n) is 5.19. The number of hydrogen-bond donors (Lipinski definition) is 0. The third-order valence-electron chi connectivity index (χ3n) is 7.23. The Bertz CT molecular complexity index is 1690. The molecule has 0 atom stereocenters. The van der Waals surface area contributed by atoms with Crippen LogP contribution >= 0.6 is 6.89 Å². The van der Waals surface area contributed by atoms with Crippen molar-refractivity contribution >= 4 is 40.0 Å². The molecule has 0 aliphatic carbocycles. The zero-order valence-electron chi connectivity index (χ0n) is 23.2. The van der Waals surface area contributed by atoms with Crippen molar-refractivity contribution in [1.82, 2.24) is 0 Å². The Hall–Kier alpha value is -5.04. The van der Waals surface area contributed by atoms with Crippen LogP contribution < -0.4 is 15.9 Å². The molecule has 0 saturated heterocycles. The Balaban J connectivity index is 1.69. The number of benzene rings is 6. The van der Waals surface area contributed by atoms with Crippen LogP contribution in [0.4, 0.5) is 0 Å². The summed E-state index contributed by atoms with van der Waals surface area (Å²) >= 11 is 0. The van der Waals surface area contributed by atoms with E-state index in [1.807, 2.05) is 42.5 Å². The molecule has 6 aromatic rings. The van der Waals surface area contributed by atoms with Crippen molar-refractivity contribution < 1.29 is 0 Å². The summed E-state index contributed by atoms with van der Waals surface area (Å²) in [5.74, 6) is 2.39. The van der Waals surface area contributed by atoms with E-state index in [2.05, 4.69) is 145 Å². The second kappa shape index (κ2) is 13.1. The van der Waals surface area contributed by atoms with Gasteiger partial charge in [0.1, 0.15) is 5.71 Å². The minimum absolute atomic E-state index is 0.834. The van der Waals surface area contributed by atoms with Crippen LogP contribution in [-0.2, 0) is 0 Å². The van der Waals surface area contributed by atoms with Crippen LogP contribution in [-0.4, -0.2) is 17.2 Å². The summed E-state index contributed by atoms with van der Waals surface area (Å²) in [7, 11) is 0. The van der Waals surface area contributed by atoms with E-state index in [4.69, 9.17) is 10.2 Å². The zero-order valence-corrected chi connectivity index (χ0v) is 24.1. The molecule has 0 aromatic heterocycles. The molecule has 0 aliphatic heterocycles. The molecule has 2 nitrogen and oxygen atoms in total. The van der Waals surface area contributed by atoms with Crippen molar-refractivity contribution in [2.75, 3.05) is 0 Å². The first-order valence-electron chi connectivity index (χ1n) is 14.1. The van der Waals surface area contributed by atoms with Gasteiger partial charge in [-0.1, -0.05) is 182 Å². The summed E-state index contributed by atoms with van der Waals surface area (Å²) in [4.78, 5) is 0. The molecule has 0 aliphatic rings. The van der Waals surface area contributed by atoms with Gasteiger partial charge < -0.3 is 0 Å². The minimum Gasteiger partial charge on any atom is -0.150 e. The number of rotatable bonds is 8. The third kappa shape index (κ3) is 5.86. The lowest BCUT2D eigenvalue weighted by molar-refractivity contribution is 1.24. The molecule has 3 heteroatoms. The average molecular weight is 559 g/mol. The van der Waals surface area contributed by atoms with Gasteiger partial charge in [-0.05, 0) is 28.6 Å². The molecule has 0 fully saturated rings. The largest absolute Gasteiger partial charge is 0.150 e. The van der Waals surface area contributed by atoms with Crippen molar-refractivity contribution in [2.24, 2.45) is 10.2 Å². The molecule has 0 spiro atoms. The summed E-state index contributed by atoms with van der Waals surface area (Å²) < 4.78 is 0. The molecule has 6 aromatic carbocycles. The lowest BCUT2D eigenvalue weighted by Crippen LogP contribution is -2.28. The van der Waals surface area contributed by atoms with Crippen LogP contribution in [0.2, 0.25) is 0 Å². The van der Waals surface area contributed by atoms with Gasteiger partial charge in [-0.3, -0.25) is 0 Å². The van der Waals surface area contributed by atoms with Gasteiger partial charge in [0.15, 0.2) is 0 Å². The highest BCUT2D eigenvalue weighted by Crippen LogP contribution is 2.44. The van der Waals surface area contributed by atoms with Crippen LogP contribution in [0, 0.1) is 0 Å². The SMILES string of the molecule is C(/C(=N\N=C(c1ccccc1)c1ccccc1)c1ccccc1)=P(c1ccccc1)(c1ccccc1)c1ccccc1. The van der Waals surface area contributed by atoms with Gasteiger partial charge in [0.25, 0.3) is 0 Å². The van der Waals surface area contributed by atoms with Crippen LogP contribution in [0.1, 0.15) is 16.7 Å². The Morgan fingerprint density at radius 1 is 0.357 bits per heavy atom. The maximum atomic E-state index is 5.09. The summed E-state index contributed by atoms with van der Waals surface area (Å²) in [5.41, 5.74) is 4.74. The Morgan fingerprint density at radius 3 is 1.02 bits per heavy atom. The van der Waals surface area contributed by atoms with Gasteiger partial charge in [0.05, 0.1) is 5.71 Å². The second-order valence-corrected chi connectivity index (χ2v) is 13.1. The predicted molar refractivity (Wildman–Crippen MR) is 183 cm³/mol. The van der Waals surface area contributed by atoms with Gasteiger partial charge in [-0.25, -0.2) is 0 Å². The lowest BCUT2D eigenvalue weighted by atomic mass is 10.0. The summed E-state index contributed by atoms with van der Waals surface area (Å²) in [6.45, 7) is -2.30. The molecule has 0 N–H and O–H groups in total. The predicted octanol–water partition coefficient (Wildman–Crippen LogP) is 7.72. The van der Waals surface area contributed by atoms with Crippen molar-refractivity contribution in [3.63, 3.8) is 0 Å². The molecule has 0 radical (unpaired) electrons. The summed E-state index contributed by atoms with van der Waals surface area (Å²) in [6.07, 6.45) is 0. The molecule has 202 valence electrons. The van der Waals surface area contributed by atoms with E-state index in [0.717, 1.165) is 28.1 Å². The number of nitrogens with zero attached hydrogens (tertiary/aromatic N) is 2. The van der Waals surface area contributed by atoms with Crippen LogP contribution in [0.25, 0.3) is 0 Å². The van der Waals surface area contributed by atoms with E-state index in [0.29, 0.717) is 0 Å². The van der Waals surface area contributed by atoms with Crippen LogP contribution in [0.3, 0.4) is 0 Å². The van der Waals surface area contributed by atoms with Gasteiger partial charge in [-0.15, -0.1) is 10.2 Å². The van der Waals surface area contributed by atoms with Gasteiger partial charge in [0.2, 0.25) is 0 Å². The third-order valence-corrected chi connectivity index (χ3v) is 11.2. The fourth-order valence-corrected chi connectivity index (χ4v) is 9.03. The Morgan fingerprint density at radius 2 is 0.667 bits per heavy atom. The first-order chi connectivity index (χ1) is 20.8. The van der Waals surface area contributed by atoms with Crippen LogP contribution in [0.5, 0.6) is 0 Å². The van der Waals surface area contributed by atoms with Gasteiger partial charge in [0, 0.05) is 16.7 Å². The van der Waals surface area contributed by atoms with Crippen molar-refractivity contribution in [3.8, 4) is 0 Å². The van der Waals surface area contributed by atoms with E-state index in [1.165, 1.54) is 15.9 Å². The fraction of sp³-hybridized carbons (Fsp3) is 0. The molecule has 6 rings (SSSR count). The molecule has 0 unspecified atom stereocenters. The molecular formula is C39H31N2P. The van der Waals surface area contributed by atoms with E-state index in [1.54, 1.807) is 0 Å². The maximum absolute atomic E-state index is 5.09. The lowest BCUT2D eigenvalue weighted by Gasteiger charge is -2.29. The van der Waals surface area contributed by atoms with Gasteiger partial charge >= 0.3 is 0 Å². The smallest absolute Gasteiger partial charge is 0.100 e. The van der Waals surface area contributed by atoms with E-state index >= 15 is 0 Å². The van der Waals surface area contributed by atoms with E-state index < -0.39 is 6.89 Å². The van der Waals surface area contributed by atoms with Crippen molar-refractivity contribution in [1.29, 1.82) is 0 Å². The standard InChI is InChI=1S/C39H31N2P/c1-7-19-32(20-8-1)38(40-41-39(33-21-9-2-10-22-33)34-23-11-3-12-24-34)31-42(35-25-13-4-14-26-35,36-27-15-5-16-28-36)37-29-17-6-18-30-37/h1-31H/b40-38+. The molecule has 0 heterocycles. The quantitative estimate of drug-likeness (QED) is 0.104.